The zero-order valence-electron chi connectivity index (χ0n) is 14.7. The van der Waals surface area contributed by atoms with Gasteiger partial charge in [0.15, 0.2) is 0 Å². The van der Waals surface area contributed by atoms with E-state index in [1.54, 1.807) is 0 Å². The maximum Gasteiger partial charge on any atom is 0.234 e. The molecule has 0 aliphatic carbocycles. The number of nitrogens with one attached hydrogen (secondary N) is 1. The minimum Gasteiger partial charge on any atom is -0.367 e. The second-order valence-corrected chi connectivity index (χ2v) is 6.30. The number of benzene rings is 2. The highest BCUT2D eigenvalue weighted by atomic mass is 35.5. The Morgan fingerprint density at radius 3 is 1.73 bits per heavy atom. The van der Waals surface area contributed by atoms with Crippen molar-refractivity contribution in [3.8, 4) is 0 Å². The van der Waals surface area contributed by atoms with Gasteiger partial charge in [-0.2, -0.15) is 10.2 Å². The maximum absolute atomic E-state index is 5.91. The highest BCUT2D eigenvalue weighted by molar-refractivity contribution is 6.31. The summed E-state index contributed by atoms with van der Waals surface area (Å²) in [4.78, 5) is 0. The molecule has 0 radical (unpaired) electrons. The van der Waals surface area contributed by atoms with Crippen LogP contribution in [-0.4, -0.2) is 17.4 Å². The number of guanidine groups is 1. The van der Waals surface area contributed by atoms with Crippen LogP contribution in [0.1, 0.15) is 37.8 Å². The highest BCUT2D eigenvalue weighted by Gasteiger charge is 2.03. The first kappa shape index (κ1) is 19.9. The van der Waals surface area contributed by atoms with Gasteiger partial charge in [0.1, 0.15) is 0 Å². The van der Waals surface area contributed by atoms with Gasteiger partial charge in [-0.05, 0) is 48.2 Å². The Balaban J connectivity index is 2.12. The van der Waals surface area contributed by atoms with E-state index in [0.717, 1.165) is 29.0 Å². The lowest BCUT2D eigenvalue weighted by molar-refractivity contribution is 0.971. The lowest BCUT2D eigenvalue weighted by Crippen LogP contribution is -2.28. The Hall–Kier alpha value is -2.37. The Kier molecular flexibility index (Phi) is 7.63. The van der Waals surface area contributed by atoms with Gasteiger partial charge in [0.25, 0.3) is 0 Å². The maximum atomic E-state index is 5.91. The smallest absolute Gasteiger partial charge is 0.234 e. The van der Waals surface area contributed by atoms with Crippen LogP contribution in [0.2, 0.25) is 10.0 Å². The van der Waals surface area contributed by atoms with Gasteiger partial charge in [-0.1, -0.05) is 61.3 Å². The van der Waals surface area contributed by atoms with Gasteiger partial charge in [0.05, 0.1) is 11.4 Å². The number of nitrogens with zero attached hydrogens (tertiary/aromatic N) is 3. The zero-order valence-corrected chi connectivity index (χ0v) is 16.2. The van der Waals surface area contributed by atoms with E-state index in [-0.39, 0.29) is 5.96 Å². The molecule has 0 aliphatic heterocycles. The molecular weight excluding hydrogens is 369 g/mol. The van der Waals surface area contributed by atoms with E-state index in [0.29, 0.717) is 16.5 Å². The predicted molar refractivity (Wildman–Crippen MR) is 111 cm³/mol. The van der Waals surface area contributed by atoms with Crippen molar-refractivity contribution < 1.29 is 0 Å². The van der Waals surface area contributed by atoms with Crippen LogP contribution in [0.15, 0.2) is 63.8 Å². The summed E-state index contributed by atoms with van der Waals surface area (Å²) in [5, 5.41) is 13.9. The SMILES string of the molecule is CCC(=N/N=C(\N)NN=C(CC)c1ccc(Cl)cc1)c1ccc(Cl)cc1. The standard InChI is InChI=1S/C19H21Cl2N5/c1-3-17(13-5-9-15(20)10-6-13)23-25-19(22)26-24-18(4-2)14-7-11-16(21)12-8-14/h5-12H,3-4H2,1-2H3,(H3,22,25,26). The Bertz CT molecular complexity index is 809. The highest BCUT2D eigenvalue weighted by Crippen LogP contribution is 2.12. The van der Waals surface area contributed by atoms with Crippen molar-refractivity contribution >= 4 is 40.6 Å². The van der Waals surface area contributed by atoms with Crippen molar-refractivity contribution in [1.82, 2.24) is 5.43 Å². The average molecular weight is 390 g/mol. The first-order chi connectivity index (χ1) is 12.5. The number of hydrogen-bond donors (Lipinski definition) is 2. The molecule has 0 heterocycles. The quantitative estimate of drug-likeness (QED) is 0.421. The summed E-state index contributed by atoms with van der Waals surface area (Å²) in [6, 6.07) is 14.9. The third-order valence-electron chi connectivity index (χ3n) is 3.61. The van der Waals surface area contributed by atoms with Crippen LogP contribution >= 0.6 is 23.2 Å². The molecule has 0 fully saturated rings. The molecule has 26 heavy (non-hydrogen) atoms. The molecule has 0 spiro atoms. The summed E-state index contributed by atoms with van der Waals surface area (Å²) in [5.74, 6) is 0.116. The number of nitrogens with two attached hydrogens (primary N) is 1. The molecule has 0 saturated heterocycles. The van der Waals surface area contributed by atoms with E-state index in [2.05, 4.69) is 20.7 Å². The third-order valence-corrected chi connectivity index (χ3v) is 4.11. The van der Waals surface area contributed by atoms with Gasteiger partial charge in [-0.25, -0.2) is 5.43 Å². The molecule has 5 nitrogen and oxygen atoms in total. The molecule has 0 aliphatic rings. The lowest BCUT2D eigenvalue weighted by atomic mass is 10.1. The van der Waals surface area contributed by atoms with E-state index in [1.807, 2.05) is 62.4 Å². The number of hydrazone groups is 1. The predicted octanol–water partition coefficient (Wildman–Crippen LogP) is 4.83. The number of hydrogen-bond acceptors (Lipinski definition) is 3. The van der Waals surface area contributed by atoms with Crippen molar-refractivity contribution in [1.29, 1.82) is 0 Å². The molecule has 136 valence electrons. The van der Waals surface area contributed by atoms with Crippen molar-refractivity contribution in [2.24, 2.45) is 21.0 Å². The monoisotopic (exact) mass is 389 g/mol. The molecule has 2 aromatic rings. The van der Waals surface area contributed by atoms with Crippen LogP contribution in [0.4, 0.5) is 0 Å². The average Bonchev–Trinajstić information content (AvgIpc) is 2.65. The van der Waals surface area contributed by atoms with Crippen molar-refractivity contribution in [2.75, 3.05) is 0 Å². The second-order valence-electron chi connectivity index (χ2n) is 5.42. The van der Waals surface area contributed by atoms with Crippen LogP contribution in [0, 0.1) is 0 Å². The van der Waals surface area contributed by atoms with Crippen LogP contribution < -0.4 is 11.2 Å². The van der Waals surface area contributed by atoms with Crippen molar-refractivity contribution in [2.45, 2.75) is 26.7 Å². The first-order valence-corrected chi connectivity index (χ1v) is 9.03. The van der Waals surface area contributed by atoms with Gasteiger partial charge in [0.2, 0.25) is 5.96 Å². The Labute approximate surface area is 163 Å². The van der Waals surface area contributed by atoms with E-state index in [4.69, 9.17) is 28.9 Å². The first-order valence-electron chi connectivity index (χ1n) is 8.28. The van der Waals surface area contributed by atoms with Crippen molar-refractivity contribution in [3.63, 3.8) is 0 Å². The van der Waals surface area contributed by atoms with E-state index < -0.39 is 0 Å². The fourth-order valence-corrected chi connectivity index (χ4v) is 2.48. The molecule has 0 amide bonds. The van der Waals surface area contributed by atoms with Crippen LogP contribution in [0.5, 0.6) is 0 Å². The van der Waals surface area contributed by atoms with Crippen LogP contribution in [-0.2, 0) is 0 Å². The fraction of sp³-hybridized carbons (Fsp3) is 0.211. The van der Waals surface area contributed by atoms with E-state index >= 15 is 0 Å². The molecular formula is C19H21Cl2N5. The summed E-state index contributed by atoms with van der Waals surface area (Å²) in [6.07, 6.45) is 1.45. The van der Waals surface area contributed by atoms with Gasteiger partial charge >= 0.3 is 0 Å². The molecule has 0 unspecified atom stereocenters. The molecule has 2 aromatic carbocycles. The largest absolute Gasteiger partial charge is 0.367 e. The second kappa shape index (κ2) is 9.94. The third kappa shape index (κ3) is 5.86. The Morgan fingerprint density at radius 1 is 0.808 bits per heavy atom. The molecule has 2 rings (SSSR count). The lowest BCUT2D eigenvalue weighted by Gasteiger charge is -2.05. The fourth-order valence-electron chi connectivity index (χ4n) is 2.23. The van der Waals surface area contributed by atoms with Gasteiger partial charge in [0, 0.05) is 10.0 Å². The Morgan fingerprint density at radius 2 is 1.27 bits per heavy atom. The van der Waals surface area contributed by atoms with E-state index in [9.17, 15) is 0 Å². The summed E-state index contributed by atoms with van der Waals surface area (Å²) in [5.41, 5.74) is 12.2. The van der Waals surface area contributed by atoms with Crippen LogP contribution in [0.3, 0.4) is 0 Å². The zero-order chi connectivity index (χ0) is 18.9. The van der Waals surface area contributed by atoms with Gasteiger partial charge in [-0.15, -0.1) is 5.10 Å². The molecule has 3 N–H and O–H groups in total. The summed E-state index contributed by atoms with van der Waals surface area (Å²) >= 11 is 11.8. The van der Waals surface area contributed by atoms with Gasteiger partial charge in [-0.3, -0.25) is 0 Å². The number of halogens is 2. The normalized spacial score (nSPS) is 13.0. The minimum absolute atomic E-state index is 0.116. The molecule has 0 aromatic heterocycles. The number of rotatable bonds is 6. The van der Waals surface area contributed by atoms with Gasteiger partial charge < -0.3 is 5.73 Å². The van der Waals surface area contributed by atoms with Crippen molar-refractivity contribution in [3.05, 3.63) is 69.7 Å². The minimum atomic E-state index is 0.116. The molecule has 0 saturated carbocycles. The summed E-state index contributed by atoms with van der Waals surface area (Å²) in [6.45, 7) is 4.01. The summed E-state index contributed by atoms with van der Waals surface area (Å²) < 4.78 is 0. The molecule has 0 bridgehead atoms. The molecule has 0 atom stereocenters. The summed E-state index contributed by atoms with van der Waals surface area (Å²) in [7, 11) is 0. The van der Waals surface area contributed by atoms with E-state index in [1.165, 1.54) is 0 Å². The molecule has 7 heteroatoms. The topological polar surface area (TPSA) is 75.1 Å². The van der Waals surface area contributed by atoms with Crippen LogP contribution in [0.25, 0.3) is 0 Å².